The molecule has 1 aromatic heterocycles. The number of piperidine rings is 1. The van der Waals surface area contributed by atoms with Crippen molar-refractivity contribution in [2.45, 2.75) is 32.0 Å². The van der Waals surface area contributed by atoms with Crippen molar-refractivity contribution < 1.29 is 19.4 Å². The number of methoxy groups -OCH3 is 1. The number of ether oxygens (including phenoxy) is 1. The molecule has 0 radical (unpaired) electrons. The van der Waals surface area contributed by atoms with Gasteiger partial charge in [-0.15, -0.1) is 0 Å². The molecule has 1 aliphatic heterocycles. The summed E-state index contributed by atoms with van der Waals surface area (Å²) in [5, 5.41) is 15.1. The van der Waals surface area contributed by atoms with Crippen LogP contribution in [0.4, 0.5) is 0 Å². The van der Waals surface area contributed by atoms with Gasteiger partial charge in [-0.1, -0.05) is 18.2 Å². The predicted molar refractivity (Wildman–Crippen MR) is 112 cm³/mol. The Hall–Kier alpha value is -2.97. The van der Waals surface area contributed by atoms with Crippen LogP contribution in [0.25, 0.3) is 0 Å². The average molecular weight is 412 g/mol. The lowest BCUT2D eigenvalue weighted by atomic mass is 10.0. The summed E-state index contributed by atoms with van der Waals surface area (Å²) in [5.74, 6) is -0.150. The second kappa shape index (κ2) is 10.7. The van der Waals surface area contributed by atoms with E-state index in [-0.39, 0.29) is 24.1 Å². The number of carbonyl (C=O) groups is 2. The van der Waals surface area contributed by atoms with Gasteiger partial charge in [-0.2, -0.15) is 0 Å². The third-order valence-corrected chi connectivity index (χ3v) is 5.19. The Morgan fingerprint density at radius 1 is 1.23 bits per heavy atom. The molecule has 0 unspecified atom stereocenters. The van der Waals surface area contributed by atoms with Gasteiger partial charge in [-0.25, -0.2) is 4.79 Å². The largest absolute Gasteiger partial charge is 0.496 e. The molecule has 2 aromatic rings. The summed E-state index contributed by atoms with van der Waals surface area (Å²) in [4.78, 5) is 29.7. The number of nitrogens with one attached hydrogen (secondary N) is 2. The van der Waals surface area contributed by atoms with E-state index in [2.05, 4.69) is 26.6 Å². The molecule has 160 valence electrons. The Morgan fingerprint density at radius 2 is 2.00 bits per heavy atom. The van der Waals surface area contributed by atoms with E-state index >= 15 is 0 Å². The zero-order valence-electron chi connectivity index (χ0n) is 17.1. The maximum absolute atomic E-state index is 12.2. The molecule has 0 aliphatic carbocycles. The lowest BCUT2D eigenvalue weighted by molar-refractivity contribution is -0.121. The molecule has 3 rings (SSSR count). The van der Waals surface area contributed by atoms with Crippen LogP contribution in [0.2, 0.25) is 0 Å². The van der Waals surface area contributed by atoms with Crippen molar-refractivity contribution in [1.29, 1.82) is 0 Å². The Bertz CT molecular complexity index is 866. The van der Waals surface area contributed by atoms with Gasteiger partial charge in [-0.3, -0.25) is 14.7 Å². The van der Waals surface area contributed by atoms with Gasteiger partial charge in [0.15, 0.2) is 0 Å². The average Bonchev–Trinajstić information content (AvgIpc) is 2.75. The highest BCUT2D eigenvalue weighted by Gasteiger charge is 2.21. The molecule has 1 aromatic carbocycles. The Kier molecular flexibility index (Phi) is 7.75. The van der Waals surface area contributed by atoms with Gasteiger partial charge in [0, 0.05) is 44.0 Å². The molecule has 3 N–H and O–H groups in total. The second-order valence-corrected chi connectivity index (χ2v) is 7.37. The van der Waals surface area contributed by atoms with E-state index < -0.39 is 5.97 Å². The van der Waals surface area contributed by atoms with Gasteiger partial charge in [0.1, 0.15) is 5.75 Å². The van der Waals surface area contributed by atoms with Crippen molar-refractivity contribution in [3.8, 4) is 5.75 Å². The number of para-hydroxylation sites is 1. The van der Waals surface area contributed by atoms with Gasteiger partial charge in [-0.05, 0) is 31.0 Å². The van der Waals surface area contributed by atoms with Gasteiger partial charge >= 0.3 is 5.97 Å². The summed E-state index contributed by atoms with van der Waals surface area (Å²) in [6, 6.07) is 11.2. The van der Waals surface area contributed by atoms with Crippen molar-refractivity contribution in [3.05, 3.63) is 59.4 Å². The van der Waals surface area contributed by atoms with Crippen LogP contribution in [0.5, 0.6) is 5.75 Å². The number of carboxylic acid groups (broad SMARTS) is 1. The molecular weight excluding hydrogens is 384 g/mol. The lowest BCUT2D eigenvalue weighted by Gasteiger charge is -2.32. The van der Waals surface area contributed by atoms with Gasteiger partial charge in [0.2, 0.25) is 5.91 Å². The van der Waals surface area contributed by atoms with Crippen molar-refractivity contribution in [2.75, 3.05) is 26.7 Å². The molecule has 0 atom stereocenters. The lowest BCUT2D eigenvalue weighted by Crippen LogP contribution is -2.46. The fraction of sp³-hybridized carbons (Fsp3) is 0.409. The molecule has 0 saturated carbocycles. The number of pyridine rings is 1. The molecule has 2 heterocycles. The first-order chi connectivity index (χ1) is 14.5. The number of nitrogens with zero attached hydrogens (tertiary/aromatic N) is 2. The van der Waals surface area contributed by atoms with Gasteiger partial charge in [0.05, 0.1) is 24.9 Å². The van der Waals surface area contributed by atoms with Crippen molar-refractivity contribution in [3.63, 3.8) is 0 Å². The van der Waals surface area contributed by atoms with E-state index in [1.54, 1.807) is 7.11 Å². The standard InChI is InChI=1S/C22H28N4O4/c1-30-20-5-3-2-4-17(20)15-26-10-7-18(8-11-26)25-21(27)14-23-13-19-12-16(22(28)29)6-9-24-19/h2-6,9,12,18,23H,7-8,10-11,13-15H2,1H3,(H,25,27)(H,28,29). The van der Waals surface area contributed by atoms with E-state index in [1.165, 1.54) is 23.9 Å². The maximum Gasteiger partial charge on any atom is 0.335 e. The van der Waals surface area contributed by atoms with Gasteiger partial charge < -0.3 is 20.5 Å². The van der Waals surface area contributed by atoms with Crippen LogP contribution >= 0.6 is 0 Å². The first-order valence-corrected chi connectivity index (χ1v) is 10.1. The molecule has 0 spiro atoms. The predicted octanol–water partition coefficient (Wildman–Crippen LogP) is 1.66. The number of hydrogen-bond donors (Lipinski definition) is 3. The van der Waals surface area contributed by atoms with Crippen LogP contribution in [0.3, 0.4) is 0 Å². The van der Waals surface area contributed by atoms with Crippen molar-refractivity contribution >= 4 is 11.9 Å². The summed E-state index contributed by atoms with van der Waals surface area (Å²) < 4.78 is 5.42. The van der Waals surface area contributed by atoms with Gasteiger partial charge in [0.25, 0.3) is 0 Å². The zero-order chi connectivity index (χ0) is 21.3. The van der Waals surface area contributed by atoms with Crippen molar-refractivity contribution in [1.82, 2.24) is 20.5 Å². The monoisotopic (exact) mass is 412 g/mol. The summed E-state index contributed by atoms with van der Waals surface area (Å²) in [6.07, 6.45) is 3.27. The molecular formula is C22H28N4O4. The first kappa shape index (κ1) is 21.7. The van der Waals surface area contributed by atoms with Crippen LogP contribution in [0, 0.1) is 0 Å². The van der Waals surface area contributed by atoms with Crippen LogP contribution in [0.15, 0.2) is 42.6 Å². The minimum atomic E-state index is -0.992. The molecule has 1 saturated heterocycles. The Morgan fingerprint density at radius 3 is 2.73 bits per heavy atom. The minimum Gasteiger partial charge on any atom is -0.496 e. The highest BCUT2D eigenvalue weighted by atomic mass is 16.5. The number of benzene rings is 1. The second-order valence-electron chi connectivity index (χ2n) is 7.37. The minimum absolute atomic E-state index is 0.0624. The van der Waals surface area contributed by atoms with E-state index in [9.17, 15) is 9.59 Å². The zero-order valence-corrected chi connectivity index (χ0v) is 17.1. The third kappa shape index (κ3) is 6.27. The molecule has 1 amide bonds. The number of hydrogen-bond acceptors (Lipinski definition) is 6. The van der Waals surface area contributed by atoms with E-state index in [1.807, 2.05) is 18.2 Å². The number of rotatable bonds is 9. The quantitative estimate of drug-likeness (QED) is 0.575. The number of aromatic carboxylic acids is 1. The summed E-state index contributed by atoms with van der Waals surface area (Å²) >= 11 is 0. The third-order valence-electron chi connectivity index (χ3n) is 5.19. The SMILES string of the molecule is COc1ccccc1CN1CCC(NC(=O)CNCc2cc(C(=O)O)ccn2)CC1. The summed E-state index contributed by atoms with van der Waals surface area (Å²) in [5.41, 5.74) is 1.95. The number of carboxylic acids is 1. The number of amides is 1. The number of carbonyl (C=O) groups excluding carboxylic acids is 1. The van der Waals surface area contributed by atoms with E-state index in [0.29, 0.717) is 12.2 Å². The van der Waals surface area contributed by atoms with Crippen LogP contribution in [-0.2, 0) is 17.9 Å². The highest BCUT2D eigenvalue weighted by Crippen LogP contribution is 2.21. The smallest absolute Gasteiger partial charge is 0.335 e. The fourth-order valence-corrected chi connectivity index (χ4v) is 3.60. The summed E-state index contributed by atoms with van der Waals surface area (Å²) in [7, 11) is 1.69. The summed E-state index contributed by atoms with van der Waals surface area (Å²) in [6.45, 7) is 3.19. The van der Waals surface area contributed by atoms with E-state index in [0.717, 1.165) is 38.2 Å². The topological polar surface area (TPSA) is 104 Å². The maximum atomic E-state index is 12.2. The van der Waals surface area contributed by atoms with Crippen LogP contribution in [-0.4, -0.2) is 59.7 Å². The van der Waals surface area contributed by atoms with Crippen LogP contribution < -0.4 is 15.4 Å². The van der Waals surface area contributed by atoms with Crippen LogP contribution in [0.1, 0.15) is 34.5 Å². The van der Waals surface area contributed by atoms with Crippen molar-refractivity contribution in [2.24, 2.45) is 0 Å². The normalized spacial score (nSPS) is 15.0. The molecule has 1 aliphatic rings. The first-order valence-electron chi connectivity index (χ1n) is 10.1. The molecule has 1 fully saturated rings. The Balaban J connectivity index is 1.37. The Labute approximate surface area is 176 Å². The van der Waals surface area contributed by atoms with E-state index in [4.69, 9.17) is 9.84 Å². The molecule has 0 bridgehead atoms. The molecule has 30 heavy (non-hydrogen) atoms. The molecule has 8 nitrogen and oxygen atoms in total. The fourth-order valence-electron chi connectivity index (χ4n) is 3.60. The molecule has 8 heteroatoms. The highest BCUT2D eigenvalue weighted by molar-refractivity contribution is 5.87. The number of aromatic nitrogens is 1. The number of likely N-dealkylation sites (tertiary alicyclic amines) is 1.